The quantitative estimate of drug-likeness (QED) is 0.275. The molecule has 1 aromatic heterocycles. The van der Waals surface area contributed by atoms with Gasteiger partial charge in [0.15, 0.2) is 0 Å². The van der Waals surface area contributed by atoms with E-state index in [4.69, 9.17) is 0 Å². The third kappa shape index (κ3) is 8.29. The zero-order valence-corrected chi connectivity index (χ0v) is 24.9. The average Bonchev–Trinajstić information content (AvgIpc) is 3.18. The third-order valence-corrected chi connectivity index (χ3v) is 6.97. The lowest BCUT2D eigenvalue weighted by molar-refractivity contribution is -0.143. The van der Waals surface area contributed by atoms with E-state index in [0.29, 0.717) is 23.0 Å². The molecule has 228 valence electrons. The van der Waals surface area contributed by atoms with Gasteiger partial charge < -0.3 is 9.80 Å². The Bertz CT molecular complexity index is 1380. The lowest BCUT2D eigenvalue weighted by Crippen LogP contribution is -2.30. The second-order valence-electron chi connectivity index (χ2n) is 11.5. The Morgan fingerprint density at radius 1 is 0.762 bits per heavy atom. The average molecular weight is 592 g/mol. The number of halogens is 6. The molecule has 0 N–H and O–H groups in total. The fourth-order valence-electron chi connectivity index (χ4n) is 4.98. The fraction of sp³-hybridized carbons (Fsp3) is 0.424. The summed E-state index contributed by atoms with van der Waals surface area (Å²) in [4.78, 5) is 8.95. The molecule has 0 aliphatic carbocycles. The standard InChI is InChI=1S/C31H33F6N3.C2H6/c1-20(19-29(3,4)5)39-11-6-12-40(14-13-39)21(2)22-7-9-27-23(15-22)8-10-28(38-27)24-16-25(30(32,33)34)18-26(17-24)31(35,36)37;1-2/h7-10,15-18H,1-2,6,11-14,19H2,3-5H3;1-2H3. The van der Waals surface area contributed by atoms with Crippen LogP contribution in [-0.2, 0) is 12.4 Å². The summed E-state index contributed by atoms with van der Waals surface area (Å²) in [6, 6.07) is 10.0. The van der Waals surface area contributed by atoms with Crippen LogP contribution in [0.2, 0.25) is 0 Å². The number of fused-ring (bicyclic) bond motifs is 1. The number of pyridine rings is 1. The van der Waals surface area contributed by atoms with Crippen LogP contribution < -0.4 is 0 Å². The molecule has 4 rings (SSSR count). The van der Waals surface area contributed by atoms with Crippen molar-refractivity contribution in [1.29, 1.82) is 0 Å². The summed E-state index contributed by atoms with van der Waals surface area (Å²) >= 11 is 0. The van der Waals surface area contributed by atoms with Gasteiger partial charge in [-0.1, -0.05) is 59.9 Å². The van der Waals surface area contributed by atoms with Gasteiger partial charge in [0, 0.05) is 48.5 Å². The first-order valence-corrected chi connectivity index (χ1v) is 14.1. The number of alkyl halides is 6. The van der Waals surface area contributed by atoms with E-state index in [0.717, 1.165) is 56.0 Å². The third-order valence-electron chi connectivity index (χ3n) is 6.97. The summed E-state index contributed by atoms with van der Waals surface area (Å²) in [6.45, 7) is 22.6. The largest absolute Gasteiger partial charge is 0.416 e. The van der Waals surface area contributed by atoms with Gasteiger partial charge in [-0.15, -0.1) is 0 Å². The van der Waals surface area contributed by atoms with Gasteiger partial charge in [0.1, 0.15) is 0 Å². The first kappa shape index (κ1) is 33.0. The van der Waals surface area contributed by atoms with E-state index in [9.17, 15) is 26.3 Å². The van der Waals surface area contributed by atoms with Gasteiger partial charge in [-0.3, -0.25) is 0 Å². The van der Waals surface area contributed by atoms with Crippen molar-refractivity contribution in [3.05, 3.63) is 84.1 Å². The number of benzene rings is 2. The zero-order valence-electron chi connectivity index (χ0n) is 24.9. The van der Waals surface area contributed by atoms with Crippen LogP contribution in [0.1, 0.15) is 64.2 Å². The molecule has 0 unspecified atom stereocenters. The molecule has 0 bridgehead atoms. The molecule has 1 saturated heterocycles. The number of rotatable bonds is 5. The van der Waals surface area contributed by atoms with Gasteiger partial charge in [0.25, 0.3) is 0 Å². The van der Waals surface area contributed by atoms with Crippen molar-refractivity contribution in [3.63, 3.8) is 0 Å². The van der Waals surface area contributed by atoms with Crippen LogP contribution in [0.5, 0.6) is 0 Å². The summed E-state index contributed by atoms with van der Waals surface area (Å²) in [6.07, 6.45) is -7.97. The highest BCUT2D eigenvalue weighted by Crippen LogP contribution is 2.38. The van der Waals surface area contributed by atoms with Crippen molar-refractivity contribution < 1.29 is 26.3 Å². The van der Waals surface area contributed by atoms with Gasteiger partial charge in [-0.05, 0) is 60.2 Å². The van der Waals surface area contributed by atoms with Crippen LogP contribution in [0.4, 0.5) is 26.3 Å². The lowest BCUT2D eigenvalue weighted by atomic mass is 9.90. The molecule has 0 spiro atoms. The van der Waals surface area contributed by atoms with Crippen LogP contribution >= 0.6 is 0 Å². The van der Waals surface area contributed by atoms with E-state index in [2.05, 4.69) is 48.7 Å². The summed E-state index contributed by atoms with van der Waals surface area (Å²) in [5.41, 5.74) is 0.514. The van der Waals surface area contributed by atoms with Gasteiger partial charge in [-0.25, -0.2) is 4.98 Å². The van der Waals surface area contributed by atoms with Gasteiger partial charge in [0.2, 0.25) is 0 Å². The Balaban J connectivity index is 0.00000237. The maximum absolute atomic E-state index is 13.3. The molecule has 0 saturated carbocycles. The van der Waals surface area contributed by atoms with E-state index >= 15 is 0 Å². The van der Waals surface area contributed by atoms with E-state index in [1.54, 1.807) is 12.1 Å². The van der Waals surface area contributed by atoms with Crippen LogP contribution in [0, 0.1) is 5.41 Å². The van der Waals surface area contributed by atoms with E-state index < -0.39 is 23.5 Å². The van der Waals surface area contributed by atoms with Gasteiger partial charge in [-0.2, -0.15) is 26.3 Å². The number of allylic oxidation sites excluding steroid dienone is 1. The molecule has 3 nitrogen and oxygen atoms in total. The highest BCUT2D eigenvalue weighted by atomic mass is 19.4. The molecular formula is C33H39F6N3. The second kappa shape index (κ2) is 12.8. The second-order valence-corrected chi connectivity index (χ2v) is 11.5. The minimum absolute atomic E-state index is 0.0266. The minimum atomic E-state index is -4.92. The summed E-state index contributed by atoms with van der Waals surface area (Å²) in [7, 11) is 0. The molecule has 1 aliphatic rings. The van der Waals surface area contributed by atoms with E-state index in [1.165, 1.54) is 6.07 Å². The molecular weight excluding hydrogens is 552 g/mol. The molecule has 42 heavy (non-hydrogen) atoms. The van der Waals surface area contributed by atoms with Crippen LogP contribution in [-0.4, -0.2) is 41.0 Å². The monoisotopic (exact) mass is 591 g/mol. The Labute approximate surface area is 244 Å². The topological polar surface area (TPSA) is 19.4 Å². The van der Waals surface area contributed by atoms with E-state index in [1.807, 2.05) is 26.0 Å². The van der Waals surface area contributed by atoms with Gasteiger partial charge in [0.05, 0.1) is 22.3 Å². The summed E-state index contributed by atoms with van der Waals surface area (Å²) in [5, 5.41) is 0.709. The summed E-state index contributed by atoms with van der Waals surface area (Å²) < 4.78 is 79.9. The van der Waals surface area contributed by atoms with Crippen LogP contribution in [0.25, 0.3) is 27.9 Å². The Morgan fingerprint density at radius 3 is 1.90 bits per heavy atom. The number of nitrogens with zero attached hydrogens (tertiary/aromatic N) is 3. The molecule has 3 aromatic rings. The highest BCUT2D eigenvalue weighted by molar-refractivity contribution is 5.85. The predicted octanol–water partition coefficient (Wildman–Crippen LogP) is 9.89. The van der Waals surface area contributed by atoms with Crippen molar-refractivity contribution >= 4 is 16.6 Å². The highest BCUT2D eigenvalue weighted by Gasteiger charge is 2.37. The van der Waals surface area contributed by atoms with E-state index in [-0.39, 0.29) is 22.7 Å². The summed E-state index contributed by atoms with van der Waals surface area (Å²) in [5.74, 6) is 0. The van der Waals surface area contributed by atoms with Crippen LogP contribution in [0.3, 0.4) is 0 Å². The molecule has 0 radical (unpaired) electrons. The molecule has 1 aliphatic heterocycles. The zero-order chi connectivity index (χ0) is 31.5. The SMILES string of the molecule is C=C(CC(C)(C)C)N1CCCN(C(=C)c2ccc3nc(-c4cc(C(F)(F)F)cc(C(F)(F)F)c4)ccc3c2)CC1.CC. The Morgan fingerprint density at radius 2 is 1.33 bits per heavy atom. The number of hydrogen-bond acceptors (Lipinski definition) is 3. The maximum Gasteiger partial charge on any atom is 0.416 e. The van der Waals surface area contributed by atoms with Gasteiger partial charge >= 0.3 is 12.4 Å². The lowest BCUT2D eigenvalue weighted by Gasteiger charge is -2.30. The van der Waals surface area contributed by atoms with Crippen molar-refractivity contribution in [3.8, 4) is 11.3 Å². The van der Waals surface area contributed by atoms with Crippen molar-refractivity contribution in [2.24, 2.45) is 5.41 Å². The molecule has 0 atom stereocenters. The first-order chi connectivity index (χ1) is 19.5. The molecule has 2 heterocycles. The Hall–Kier alpha value is -3.49. The Kier molecular flexibility index (Phi) is 10.1. The molecule has 9 heteroatoms. The first-order valence-electron chi connectivity index (χ1n) is 14.1. The normalized spacial score (nSPS) is 14.7. The molecule has 1 fully saturated rings. The number of aromatic nitrogens is 1. The molecule has 2 aromatic carbocycles. The smallest absolute Gasteiger partial charge is 0.373 e. The number of hydrogen-bond donors (Lipinski definition) is 0. The van der Waals surface area contributed by atoms with Crippen molar-refractivity contribution in [1.82, 2.24) is 14.8 Å². The maximum atomic E-state index is 13.3. The fourth-order valence-corrected chi connectivity index (χ4v) is 4.98. The minimum Gasteiger partial charge on any atom is -0.373 e. The van der Waals surface area contributed by atoms with Crippen molar-refractivity contribution in [2.45, 2.75) is 59.8 Å². The van der Waals surface area contributed by atoms with Crippen LogP contribution in [0.15, 0.2) is 67.4 Å². The molecule has 0 amide bonds. The predicted molar refractivity (Wildman–Crippen MR) is 159 cm³/mol. The van der Waals surface area contributed by atoms with Crippen molar-refractivity contribution in [2.75, 3.05) is 26.2 Å².